The van der Waals surface area contributed by atoms with Gasteiger partial charge >= 0.3 is 0 Å². The average Bonchev–Trinajstić information content (AvgIpc) is 2.59. The number of carbonyl (C=O) groups excluding carboxylic acids is 1. The number of para-hydroxylation sites is 2. The van der Waals surface area contributed by atoms with Crippen LogP contribution in [0.2, 0.25) is 5.15 Å². The number of nitro benzene ring substituents is 1. The third-order valence-corrected chi connectivity index (χ3v) is 3.54. The summed E-state index contributed by atoms with van der Waals surface area (Å²) in [6, 6.07) is 14.4. The first-order valence-corrected chi connectivity index (χ1v) is 7.28. The molecule has 0 aliphatic carbocycles. The number of carbonyl (C=O) groups is 1. The first-order chi connectivity index (χ1) is 11.5. The highest BCUT2D eigenvalue weighted by Gasteiger charge is 2.13. The SMILES string of the molecule is O=C(NNc1ccccc1[N+](=O)[O-])c1ccc2nc(Cl)ccc2c1. The van der Waals surface area contributed by atoms with E-state index in [1.807, 2.05) is 0 Å². The van der Waals surface area contributed by atoms with Gasteiger partial charge in [0.1, 0.15) is 10.8 Å². The number of rotatable bonds is 4. The van der Waals surface area contributed by atoms with E-state index >= 15 is 0 Å². The molecule has 0 bridgehead atoms. The van der Waals surface area contributed by atoms with Crippen LogP contribution in [0.1, 0.15) is 10.4 Å². The van der Waals surface area contributed by atoms with Crippen molar-refractivity contribution in [2.24, 2.45) is 0 Å². The smallest absolute Gasteiger partial charge is 0.292 e. The molecule has 1 aromatic heterocycles. The number of aromatic nitrogens is 1. The molecule has 7 nitrogen and oxygen atoms in total. The van der Waals surface area contributed by atoms with E-state index < -0.39 is 10.8 Å². The lowest BCUT2D eigenvalue weighted by atomic mass is 10.1. The van der Waals surface area contributed by atoms with Crippen LogP contribution < -0.4 is 10.9 Å². The van der Waals surface area contributed by atoms with Gasteiger partial charge in [-0.15, -0.1) is 0 Å². The normalized spacial score (nSPS) is 10.4. The summed E-state index contributed by atoms with van der Waals surface area (Å²) < 4.78 is 0. The molecular formula is C16H11ClN4O3. The molecule has 1 amide bonds. The van der Waals surface area contributed by atoms with Crippen molar-refractivity contribution in [3.8, 4) is 0 Å². The van der Waals surface area contributed by atoms with Gasteiger partial charge in [0.05, 0.1) is 10.4 Å². The van der Waals surface area contributed by atoms with Gasteiger partial charge in [0, 0.05) is 17.0 Å². The number of nitrogens with zero attached hydrogens (tertiary/aromatic N) is 2. The predicted octanol–water partition coefficient (Wildman–Crippen LogP) is 3.55. The summed E-state index contributed by atoms with van der Waals surface area (Å²) in [4.78, 5) is 26.8. The van der Waals surface area contributed by atoms with E-state index in [4.69, 9.17) is 11.6 Å². The number of fused-ring (bicyclic) bond motifs is 1. The molecule has 0 unspecified atom stereocenters. The van der Waals surface area contributed by atoms with Crippen molar-refractivity contribution in [1.82, 2.24) is 10.4 Å². The largest absolute Gasteiger partial charge is 0.294 e. The van der Waals surface area contributed by atoms with Gasteiger partial charge in [0.2, 0.25) is 0 Å². The number of hydrogen-bond acceptors (Lipinski definition) is 5. The number of pyridine rings is 1. The fraction of sp³-hybridized carbons (Fsp3) is 0. The molecule has 0 aliphatic heterocycles. The highest BCUT2D eigenvalue weighted by atomic mass is 35.5. The van der Waals surface area contributed by atoms with Gasteiger partial charge in [-0.2, -0.15) is 0 Å². The Hall–Kier alpha value is -3.19. The molecule has 3 aromatic rings. The molecule has 0 radical (unpaired) electrons. The van der Waals surface area contributed by atoms with E-state index in [0.717, 1.165) is 5.39 Å². The minimum atomic E-state index is -0.528. The minimum Gasteiger partial charge on any atom is -0.292 e. The zero-order valence-electron chi connectivity index (χ0n) is 12.2. The molecule has 0 saturated heterocycles. The Balaban J connectivity index is 1.78. The molecule has 0 spiro atoms. The molecule has 2 aromatic carbocycles. The molecule has 120 valence electrons. The van der Waals surface area contributed by atoms with Gasteiger partial charge in [0.15, 0.2) is 0 Å². The van der Waals surface area contributed by atoms with Crippen LogP contribution >= 0.6 is 11.6 Å². The van der Waals surface area contributed by atoms with E-state index in [-0.39, 0.29) is 11.4 Å². The summed E-state index contributed by atoms with van der Waals surface area (Å²) in [6.07, 6.45) is 0. The average molecular weight is 343 g/mol. The van der Waals surface area contributed by atoms with Crippen molar-refractivity contribution in [2.75, 3.05) is 5.43 Å². The number of benzene rings is 2. The monoisotopic (exact) mass is 342 g/mol. The van der Waals surface area contributed by atoms with Crippen LogP contribution in [0.4, 0.5) is 11.4 Å². The zero-order chi connectivity index (χ0) is 17.1. The third kappa shape index (κ3) is 3.26. The van der Waals surface area contributed by atoms with Gasteiger partial charge in [-0.3, -0.25) is 25.8 Å². The Labute approximate surface area is 141 Å². The Morgan fingerprint density at radius 3 is 2.71 bits per heavy atom. The second kappa shape index (κ2) is 6.51. The predicted molar refractivity (Wildman–Crippen MR) is 90.9 cm³/mol. The van der Waals surface area contributed by atoms with Crippen LogP contribution in [0.25, 0.3) is 10.9 Å². The molecule has 3 rings (SSSR count). The summed E-state index contributed by atoms with van der Waals surface area (Å²) in [7, 11) is 0. The maximum absolute atomic E-state index is 12.2. The maximum Gasteiger partial charge on any atom is 0.294 e. The van der Waals surface area contributed by atoms with Gasteiger partial charge < -0.3 is 0 Å². The van der Waals surface area contributed by atoms with Gasteiger partial charge in [0.25, 0.3) is 11.6 Å². The van der Waals surface area contributed by atoms with Gasteiger partial charge in [-0.05, 0) is 36.4 Å². The molecule has 0 fully saturated rings. The molecule has 0 saturated carbocycles. The van der Waals surface area contributed by atoms with E-state index in [1.54, 1.807) is 42.5 Å². The Kier molecular flexibility index (Phi) is 4.26. The summed E-state index contributed by atoms with van der Waals surface area (Å²) in [5, 5.41) is 12.1. The second-order valence-corrected chi connectivity index (χ2v) is 5.28. The number of anilines is 1. The molecule has 1 heterocycles. The molecule has 8 heteroatoms. The highest BCUT2D eigenvalue weighted by Crippen LogP contribution is 2.22. The van der Waals surface area contributed by atoms with Gasteiger partial charge in [-0.1, -0.05) is 23.7 Å². The van der Waals surface area contributed by atoms with Crippen molar-refractivity contribution >= 4 is 39.8 Å². The van der Waals surface area contributed by atoms with Crippen LogP contribution in [0.5, 0.6) is 0 Å². The summed E-state index contributed by atoms with van der Waals surface area (Å²) in [5.74, 6) is -0.426. The number of hydrazine groups is 1. The van der Waals surface area contributed by atoms with Gasteiger partial charge in [-0.25, -0.2) is 4.98 Å². The molecule has 2 N–H and O–H groups in total. The van der Waals surface area contributed by atoms with E-state index in [1.165, 1.54) is 12.1 Å². The molecular weight excluding hydrogens is 332 g/mol. The first kappa shape index (κ1) is 15.7. The van der Waals surface area contributed by atoms with Crippen LogP contribution in [0.15, 0.2) is 54.6 Å². The lowest BCUT2D eigenvalue weighted by molar-refractivity contribution is -0.384. The number of halogens is 1. The van der Waals surface area contributed by atoms with Crippen molar-refractivity contribution in [1.29, 1.82) is 0 Å². The zero-order valence-corrected chi connectivity index (χ0v) is 12.9. The first-order valence-electron chi connectivity index (χ1n) is 6.91. The topological polar surface area (TPSA) is 97.2 Å². The maximum atomic E-state index is 12.2. The number of nitrogens with one attached hydrogen (secondary N) is 2. The summed E-state index contributed by atoms with van der Waals surface area (Å²) in [6.45, 7) is 0. The Bertz CT molecular complexity index is 946. The van der Waals surface area contributed by atoms with Crippen molar-refractivity contribution < 1.29 is 9.72 Å². The summed E-state index contributed by atoms with van der Waals surface area (Å²) in [5.41, 5.74) is 6.15. The Morgan fingerprint density at radius 2 is 1.92 bits per heavy atom. The lowest BCUT2D eigenvalue weighted by Gasteiger charge is -2.09. The van der Waals surface area contributed by atoms with E-state index in [0.29, 0.717) is 16.2 Å². The standard InChI is InChI=1S/C16H11ClN4O3/c17-15-8-6-10-9-11(5-7-12(10)18-15)16(22)20-19-13-3-1-2-4-14(13)21(23)24/h1-9,19H,(H,20,22). The number of hydrogen-bond donors (Lipinski definition) is 2. The van der Waals surface area contributed by atoms with Crippen molar-refractivity contribution in [2.45, 2.75) is 0 Å². The van der Waals surface area contributed by atoms with E-state index in [9.17, 15) is 14.9 Å². The minimum absolute atomic E-state index is 0.129. The molecule has 0 aliphatic rings. The quantitative estimate of drug-likeness (QED) is 0.429. The second-order valence-electron chi connectivity index (χ2n) is 4.89. The Morgan fingerprint density at radius 1 is 1.12 bits per heavy atom. The van der Waals surface area contributed by atoms with Crippen LogP contribution in [0, 0.1) is 10.1 Å². The molecule has 0 atom stereocenters. The van der Waals surface area contributed by atoms with Crippen molar-refractivity contribution in [3.63, 3.8) is 0 Å². The van der Waals surface area contributed by atoms with Crippen LogP contribution in [0.3, 0.4) is 0 Å². The van der Waals surface area contributed by atoms with Crippen LogP contribution in [-0.2, 0) is 0 Å². The summed E-state index contributed by atoms with van der Waals surface area (Å²) >= 11 is 5.82. The third-order valence-electron chi connectivity index (χ3n) is 3.33. The van der Waals surface area contributed by atoms with Crippen molar-refractivity contribution in [3.05, 3.63) is 75.4 Å². The lowest BCUT2D eigenvalue weighted by Crippen LogP contribution is -2.29. The fourth-order valence-corrected chi connectivity index (χ4v) is 2.33. The molecule has 24 heavy (non-hydrogen) atoms. The number of amides is 1. The van der Waals surface area contributed by atoms with E-state index in [2.05, 4.69) is 15.8 Å². The number of nitro groups is 1. The highest BCUT2D eigenvalue weighted by molar-refractivity contribution is 6.29. The van der Waals surface area contributed by atoms with Crippen LogP contribution in [-0.4, -0.2) is 15.8 Å². The fourth-order valence-electron chi connectivity index (χ4n) is 2.18.